The number of hydrogen-bond donors (Lipinski definition) is 4. The summed E-state index contributed by atoms with van der Waals surface area (Å²) in [6.45, 7) is 1.95. The number of aryl methyl sites for hydroxylation is 1. The first-order chi connectivity index (χ1) is 18.4. The lowest BCUT2D eigenvalue weighted by atomic mass is 9.93. The summed E-state index contributed by atoms with van der Waals surface area (Å²) in [5, 5.41) is 19.2. The number of nitrogens with one attached hydrogen (secondary N) is 3. The standard InChI is InChI=1S/C27H30N4O5S2/c1-36-23-18-4-2-3-5-19(18)30-22(23)25(33)31-20(26(34)35)14-29-24(32)21-13-16-12-17(37-27(16)38-21)7-6-15-8-10-28-11-9-15/h2-5,12-13,15,20,23,28H,6-11,14H2,1H3,(H,29,32)(H,31,33)(H,34,35)/t20-,23?/m0/s1. The lowest BCUT2D eigenvalue weighted by Crippen LogP contribution is -2.50. The second kappa shape index (κ2) is 11.7. The van der Waals surface area contributed by atoms with E-state index in [0.717, 1.165) is 40.4 Å². The second-order valence-corrected chi connectivity index (χ2v) is 12.0. The number of benzene rings is 1. The number of thiophene rings is 2. The first kappa shape index (κ1) is 26.5. The van der Waals surface area contributed by atoms with Gasteiger partial charge in [-0.05, 0) is 62.9 Å². The zero-order chi connectivity index (χ0) is 26.6. The van der Waals surface area contributed by atoms with Crippen LogP contribution in [0, 0.1) is 5.92 Å². The molecule has 1 saturated heterocycles. The van der Waals surface area contributed by atoms with Crippen LogP contribution in [-0.2, 0) is 20.7 Å². The van der Waals surface area contributed by atoms with Crippen LogP contribution >= 0.6 is 22.7 Å². The number of nitrogens with zero attached hydrogens (tertiary/aromatic N) is 1. The Morgan fingerprint density at radius 2 is 1.95 bits per heavy atom. The highest BCUT2D eigenvalue weighted by Crippen LogP contribution is 2.36. The fourth-order valence-electron chi connectivity index (χ4n) is 4.91. The molecule has 4 N–H and O–H groups in total. The first-order valence-electron chi connectivity index (χ1n) is 12.7. The molecule has 5 rings (SSSR count). The monoisotopic (exact) mass is 554 g/mol. The maximum atomic E-state index is 12.9. The number of aliphatic imine (C=N–C) groups is 1. The molecule has 0 spiro atoms. The molecule has 2 aromatic heterocycles. The van der Waals surface area contributed by atoms with Crippen LogP contribution in [0.2, 0.25) is 0 Å². The van der Waals surface area contributed by atoms with Crippen LogP contribution in [-0.4, -0.2) is 61.4 Å². The second-order valence-electron chi connectivity index (χ2n) is 9.54. The van der Waals surface area contributed by atoms with E-state index in [4.69, 9.17) is 4.74 Å². The van der Waals surface area contributed by atoms with Gasteiger partial charge >= 0.3 is 5.97 Å². The number of methoxy groups -OCH3 is 1. The Hall–Kier alpha value is -3.12. The Bertz CT molecular complexity index is 1340. The maximum absolute atomic E-state index is 12.9. The number of hydrogen-bond acceptors (Lipinski definition) is 8. The fraction of sp³-hybridized carbons (Fsp3) is 0.407. The smallest absolute Gasteiger partial charge is 0.328 e. The number of carbonyl (C=O) groups is 3. The van der Waals surface area contributed by atoms with Gasteiger partial charge in [0.2, 0.25) is 0 Å². The molecule has 1 unspecified atom stereocenters. The van der Waals surface area contributed by atoms with Gasteiger partial charge in [-0.3, -0.25) is 9.59 Å². The molecule has 11 heteroatoms. The van der Waals surface area contributed by atoms with Crippen molar-refractivity contribution in [3.63, 3.8) is 0 Å². The van der Waals surface area contributed by atoms with Crippen LogP contribution in [0.1, 0.15) is 45.5 Å². The van der Waals surface area contributed by atoms with Gasteiger partial charge in [0.1, 0.15) is 17.9 Å². The van der Waals surface area contributed by atoms with Gasteiger partial charge < -0.3 is 25.8 Å². The summed E-state index contributed by atoms with van der Waals surface area (Å²) < 4.78 is 6.52. The molecule has 4 heterocycles. The lowest BCUT2D eigenvalue weighted by Gasteiger charge is -2.22. The zero-order valence-electron chi connectivity index (χ0n) is 21.0. The number of para-hydroxylation sites is 1. The largest absolute Gasteiger partial charge is 0.480 e. The molecule has 3 aromatic rings. The van der Waals surface area contributed by atoms with E-state index >= 15 is 0 Å². The number of piperidine rings is 1. The van der Waals surface area contributed by atoms with Crippen LogP contribution in [0.25, 0.3) is 9.40 Å². The predicted molar refractivity (Wildman–Crippen MR) is 149 cm³/mol. The molecule has 1 aromatic carbocycles. The Morgan fingerprint density at radius 1 is 1.16 bits per heavy atom. The third kappa shape index (κ3) is 5.80. The van der Waals surface area contributed by atoms with E-state index in [1.54, 1.807) is 23.5 Å². The van der Waals surface area contributed by atoms with Crippen LogP contribution in [0.4, 0.5) is 5.69 Å². The highest BCUT2D eigenvalue weighted by Gasteiger charge is 2.34. The van der Waals surface area contributed by atoms with E-state index in [0.29, 0.717) is 10.6 Å². The Kier molecular flexibility index (Phi) is 8.18. The summed E-state index contributed by atoms with van der Waals surface area (Å²) in [4.78, 5) is 43.7. The molecule has 9 nitrogen and oxygen atoms in total. The summed E-state index contributed by atoms with van der Waals surface area (Å²) >= 11 is 3.12. The van der Waals surface area contributed by atoms with Crippen LogP contribution in [0.3, 0.4) is 0 Å². The number of carboxylic acids is 1. The van der Waals surface area contributed by atoms with Crippen LogP contribution < -0.4 is 16.0 Å². The molecule has 2 atom stereocenters. The minimum absolute atomic E-state index is 0.0840. The molecule has 0 bridgehead atoms. The molecular weight excluding hydrogens is 524 g/mol. The number of carboxylic acid groups (broad SMARTS) is 1. The van der Waals surface area contributed by atoms with Crippen molar-refractivity contribution in [2.24, 2.45) is 10.9 Å². The minimum atomic E-state index is -1.32. The van der Waals surface area contributed by atoms with Gasteiger partial charge in [-0.1, -0.05) is 18.2 Å². The quantitative estimate of drug-likeness (QED) is 0.303. The van der Waals surface area contributed by atoms with Crippen molar-refractivity contribution in [1.82, 2.24) is 16.0 Å². The van der Waals surface area contributed by atoms with E-state index < -0.39 is 24.0 Å². The number of amides is 2. The van der Waals surface area contributed by atoms with Crippen molar-refractivity contribution in [2.45, 2.75) is 37.8 Å². The highest BCUT2D eigenvalue weighted by molar-refractivity contribution is 7.39. The Labute approximate surface area is 228 Å². The van der Waals surface area contributed by atoms with Crippen molar-refractivity contribution in [2.75, 3.05) is 26.7 Å². The highest BCUT2D eigenvalue weighted by atomic mass is 32.2. The first-order valence-corrected chi connectivity index (χ1v) is 14.3. The van der Waals surface area contributed by atoms with Gasteiger partial charge in [-0.2, -0.15) is 0 Å². The SMILES string of the molecule is COC1C(C(=O)N[C@@H](CNC(=O)c2cc3cc(CCC4CCNCC4)sc3s2)C(=O)O)=Nc2ccccc21. The zero-order valence-corrected chi connectivity index (χ0v) is 22.6. The van der Waals surface area contributed by atoms with Crippen molar-refractivity contribution < 1.29 is 24.2 Å². The van der Waals surface area contributed by atoms with Crippen molar-refractivity contribution in [3.05, 3.63) is 51.7 Å². The molecule has 2 aliphatic heterocycles. The van der Waals surface area contributed by atoms with E-state index in [1.165, 1.54) is 42.6 Å². The minimum Gasteiger partial charge on any atom is -0.480 e. The number of ether oxygens (including phenoxy) is 1. The lowest BCUT2D eigenvalue weighted by molar-refractivity contribution is -0.140. The summed E-state index contributed by atoms with van der Waals surface area (Å²) in [7, 11) is 1.47. The number of fused-ring (bicyclic) bond motifs is 2. The Morgan fingerprint density at radius 3 is 2.68 bits per heavy atom. The third-order valence-corrected chi connectivity index (χ3v) is 9.44. The molecule has 0 aliphatic carbocycles. The van der Waals surface area contributed by atoms with E-state index in [1.807, 2.05) is 18.2 Å². The fourth-order valence-corrected chi connectivity index (χ4v) is 7.33. The third-order valence-electron chi connectivity index (χ3n) is 6.99. The van der Waals surface area contributed by atoms with E-state index in [2.05, 4.69) is 27.0 Å². The molecule has 0 saturated carbocycles. The molecule has 0 radical (unpaired) electrons. The van der Waals surface area contributed by atoms with Gasteiger partial charge in [-0.25, -0.2) is 9.79 Å². The normalized spacial score (nSPS) is 18.1. The maximum Gasteiger partial charge on any atom is 0.328 e. The summed E-state index contributed by atoms with van der Waals surface area (Å²) in [5.41, 5.74) is 1.44. The van der Waals surface area contributed by atoms with Gasteiger partial charge in [0.05, 0.1) is 14.6 Å². The summed E-state index contributed by atoms with van der Waals surface area (Å²) in [5.74, 6) is -1.50. The Balaban J connectivity index is 1.16. The van der Waals surface area contributed by atoms with Crippen molar-refractivity contribution in [3.8, 4) is 0 Å². The summed E-state index contributed by atoms with van der Waals surface area (Å²) in [6, 6.07) is 9.88. The number of carbonyl (C=O) groups excluding carboxylic acids is 2. The average Bonchev–Trinajstić information content (AvgIpc) is 3.61. The average molecular weight is 555 g/mol. The van der Waals surface area contributed by atoms with Gasteiger partial charge in [0.15, 0.2) is 0 Å². The van der Waals surface area contributed by atoms with Crippen molar-refractivity contribution in [1.29, 1.82) is 0 Å². The van der Waals surface area contributed by atoms with Gasteiger partial charge in [-0.15, -0.1) is 22.7 Å². The molecule has 2 amide bonds. The predicted octanol–water partition coefficient (Wildman–Crippen LogP) is 3.67. The molecule has 200 valence electrons. The molecular formula is C27H30N4O5S2. The number of aliphatic carboxylic acids is 1. The topological polar surface area (TPSA) is 129 Å². The van der Waals surface area contributed by atoms with Gasteiger partial charge in [0.25, 0.3) is 11.8 Å². The van der Waals surface area contributed by atoms with Crippen LogP contribution in [0.15, 0.2) is 41.4 Å². The number of rotatable bonds is 10. The van der Waals surface area contributed by atoms with E-state index in [-0.39, 0.29) is 18.2 Å². The summed E-state index contributed by atoms with van der Waals surface area (Å²) in [6.07, 6.45) is 4.03. The molecule has 38 heavy (non-hydrogen) atoms. The molecule has 1 fully saturated rings. The van der Waals surface area contributed by atoms with Crippen molar-refractivity contribution >= 4 is 61.3 Å². The van der Waals surface area contributed by atoms with Gasteiger partial charge in [0, 0.05) is 29.5 Å². The molecule has 2 aliphatic rings. The van der Waals surface area contributed by atoms with Crippen LogP contribution in [0.5, 0.6) is 0 Å². The van der Waals surface area contributed by atoms with E-state index in [9.17, 15) is 19.5 Å².